The predicted octanol–water partition coefficient (Wildman–Crippen LogP) is 3.81. The van der Waals surface area contributed by atoms with Gasteiger partial charge >= 0.3 is 0 Å². The number of hydrogen-bond donors (Lipinski definition) is 0. The monoisotopic (exact) mass is 334 g/mol. The number of fused-ring (bicyclic) bond motifs is 2. The number of ketones is 1. The van der Waals surface area contributed by atoms with Crippen molar-refractivity contribution in [3.8, 4) is 0 Å². The predicted molar refractivity (Wildman–Crippen MR) is 92.4 cm³/mol. The summed E-state index contributed by atoms with van der Waals surface area (Å²) in [5, 5.41) is -0.576. The van der Waals surface area contributed by atoms with E-state index in [-0.39, 0.29) is 22.2 Å². The molecule has 0 saturated carbocycles. The normalized spacial score (nSPS) is 29.4. The summed E-state index contributed by atoms with van der Waals surface area (Å²) in [5.74, 6) is 0.608. The fourth-order valence-corrected chi connectivity index (χ4v) is 6.67. The molecule has 4 heteroatoms. The molecule has 0 amide bonds. The number of sulfone groups is 1. The molecular formula is C19H26O3S. The second-order valence-corrected chi connectivity index (χ2v) is 10.1. The van der Waals surface area contributed by atoms with Crippen LogP contribution in [0.1, 0.15) is 61.9 Å². The molecule has 0 N–H and O–H groups in total. The Morgan fingerprint density at radius 1 is 1.09 bits per heavy atom. The average Bonchev–Trinajstić information content (AvgIpc) is 2.45. The topological polar surface area (TPSA) is 51.2 Å². The zero-order valence-corrected chi connectivity index (χ0v) is 14.8. The van der Waals surface area contributed by atoms with Gasteiger partial charge in [0.1, 0.15) is 0 Å². The molecule has 2 fully saturated rings. The summed E-state index contributed by atoms with van der Waals surface area (Å²) in [6, 6.07) is 7.90. The van der Waals surface area contributed by atoms with E-state index >= 15 is 0 Å². The molecule has 0 aromatic heterocycles. The lowest BCUT2D eigenvalue weighted by atomic mass is 9.84. The smallest absolute Gasteiger partial charge is 0.166 e. The van der Waals surface area contributed by atoms with Gasteiger partial charge in [0.25, 0.3) is 0 Å². The molecule has 23 heavy (non-hydrogen) atoms. The number of carbonyl (C=O) groups excluding carboxylic acids is 1. The lowest BCUT2D eigenvalue weighted by molar-refractivity contribution is 0.0894. The Morgan fingerprint density at radius 3 is 2.17 bits per heavy atom. The highest BCUT2D eigenvalue weighted by Crippen LogP contribution is 2.40. The van der Waals surface area contributed by atoms with E-state index in [1.165, 1.54) is 5.56 Å². The maximum Gasteiger partial charge on any atom is 0.166 e. The molecule has 2 aliphatic heterocycles. The number of carbonyl (C=O) groups is 1. The van der Waals surface area contributed by atoms with Crippen LogP contribution in [-0.4, -0.2) is 24.7 Å². The Hall–Kier alpha value is -1.16. The van der Waals surface area contributed by atoms with E-state index in [4.69, 9.17) is 0 Å². The molecule has 2 atom stereocenters. The van der Waals surface area contributed by atoms with E-state index in [1.807, 2.05) is 24.3 Å². The van der Waals surface area contributed by atoms with E-state index in [9.17, 15) is 13.2 Å². The maximum absolute atomic E-state index is 12.8. The summed E-state index contributed by atoms with van der Waals surface area (Å²) in [7, 11) is -2.99. The van der Waals surface area contributed by atoms with Crippen molar-refractivity contribution in [3.05, 3.63) is 35.4 Å². The van der Waals surface area contributed by atoms with E-state index < -0.39 is 9.84 Å². The van der Waals surface area contributed by atoms with Gasteiger partial charge in [-0.2, -0.15) is 0 Å². The van der Waals surface area contributed by atoms with Gasteiger partial charge in [0.05, 0.1) is 10.5 Å². The van der Waals surface area contributed by atoms with Gasteiger partial charge < -0.3 is 0 Å². The molecule has 2 unspecified atom stereocenters. The molecule has 2 bridgehead atoms. The van der Waals surface area contributed by atoms with Crippen LogP contribution in [0.15, 0.2) is 24.3 Å². The summed E-state index contributed by atoms with van der Waals surface area (Å²) in [6.45, 7) is 4.36. The van der Waals surface area contributed by atoms with Gasteiger partial charge in [0.2, 0.25) is 0 Å². The van der Waals surface area contributed by atoms with Gasteiger partial charge in [-0.05, 0) is 43.6 Å². The minimum atomic E-state index is -2.99. The first kappa shape index (κ1) is 16.7. The van der Waals surface area contributed by atoms with Crippen molar-refractivity contribution in [2.75, 3.05) is 0 Å². The third-order valence-electron chi connectivity index (χ3n) is 5.33. The Morgan fingerprint density at radius 2 is 1.65 bits per heavy atom. The molecule has 0 spiro atoms. The molecule has 2 heterocycles. The lowest BCUT2D eigenvalue weighted by Crippen LogP contribution is -2.45. The largest absolute Gasteiger partial charge is 0.294 e. The van der Waals surface area contributed by atoms with Crippen molar-refractivity contribution in [3.63, 3.8) is 0 Å². The first-order valence-corrected chi connectivity index (χ1v) is 10.3. The lowest BCUT2D eigenvalue weighted by Gasteiger charge is -2.38. The highest BCUT2D eigenvalue weighted by atomic mass is 32.2. The third-order valence-corrected chi connectivity index (χ3v) is 8.04. The minimum Gasteiger partial charge on any atom is -0.294 e. The van der Waals surface area contributed by atoms with Gasteiger partial charge in [-0.3, -0.25) is 4.79 Å². The average molecular weight is 334 g/mol. The van der Waals surface area contributed by atoms with Gasteiger partial charge in [-0.25, -0.2) is 8.42 Å². The third kappa shape index (κ3) is 3.37. The van der Waals surface area contributed by atoms with Gasteiger partial charge in [-0.1, -0.05) is 44.5 Å². The standard InChI is InChI=1S/C19H26O3S/c1-13(2)10-14-6-8-15(9-7-14)19(20)16-11-17-4-3-5-18(12-16)23(17,21)22/h6-9,13,16-18H,3-5,10-12H2,1-2H3. The minimum absolute atomic E-state index is 0.121. The second-order valence-electron chi connectivity index (χ2n) is 7.59. The first-order valence-electron chi connectivity index (χ1n) is 8.73. The van der Waals surface area contributed by atoms with Gasteiger partial charge in [0.15, 0.2) is 15.6 Å². The summed E-state index contributed by atoms with van der Waals surface area (Å²) in [5.41, 5.74) is 1.99. The summed E-state index contributed by atoms with van der Waals surface area (Å²) in [4.78, 5) is 12.8. The zero-order chi connectivity index (χ0) is 16.6. The maximum atomic E-state index is 12.8. The van der Waals surface area contributed by atoms with Crippen LogP contribution in [-0.2, 0) is 16.3 Å². The van der Waals surface area contributed by atoms with Crippen LogP contribution in [0.5, 0.6) is 0 Å². The van der Waals surface area contributed by atoms with Crippen molar-refractivity contribution in [2.24, 2.45) is 11.8 Å². The Balaban J connectivity index is 1.74. The van der Waals surface area contributed by atoms with Crippen LogP contribution in [0.4, 0.5) is 0 Å². The Bertz CT molecular complexity index is 653. The number of hydrogen-bond acceptors (Lipinski definition) is 3. The van der Waals surface area contributed by atoms with Crippen molar-refractivity contribution in [1.82, 2.24) is 0 Å². The van der Waals surface area contributed by atoms with E-state index in [1.54, 1.807) is 0 Å². The molecule has 1 aromatic rings. The molecule has 2 aliphatic rings. The Labute approximate surface area is 139 Å². The van der Waals surface area contributed by atoms with E-state index in [0.717, 1.165) is 31.2 Å². The number of benzene rings is 1. The molecule has 3 rings (SSSR count). The van der Waals surface area contributed by atoms with Crippen LogP contribution in [0.2, 0.25) is 0 Å². The fourth-order valence-electron chi connectivity index (χ4n) is 4.14. The highest BCUT2D eigenvalue weighted by Gasteiger charge is 2.45. The molecule has 0 aliphatic carbocycles. The first-order chi connectivity index (χ1) is 10.9. The van der Waals surface area contributed by atoms with Gasteiger partial charge in [0, 0.05) is 11.5 Å². The highest BCUT2D eigenvalue weighted by molar-refractivity contribution is 7.92. The summed E-state index contributed by atoms with van der Waals surface area (Å²) >= 11 is 0. The molecule has 3 nitrogen and oxygen atoms in total. The van der Waals surface area contributed by atoms with Gasteiger partial charge in [-0.15, -0.1) is 0 Å². The molecular weight excluding hydrogens is 308 g/mol. The molecule has 1 aromatic carbocycles. The van der Waals surface area contributed by atoms with Crippen LogP contribution in [0.3, 0.4) is 0 Å². The molecule has 0 radical (unpaired) electrons. The SMILES string of the molecule is CC(C)Cc1ccc(C(=O)C2CC3CCCC(C2)S3(=O)=O)cc1. The summed E-state index contributed by atoms with van der Waals surface area (Å²) in [6.07, 6.45) is 4.50. The quantitative estimate of drug-likeness (QED) is 0.787. The van der Waals surface area contributed by atoms with Crippen LogP contribution in [0, 0.1) is 11.8 Å². The second kappa shape index (κ2) is 6.39. The number of Topliss-reactive ketones (excluding diaryl/α,β-unsaturated/α-hetero) is 1. The fraction of sp³-hybridized carbons (Fsp3) is 0.632. The van der Waals surface area contributed by atoms with Crippen molar-refractivity contribution in [1.29, 1.82) is 0 Å². The van der Waals surface area contributed by atoms with Crippen molar-refractivity contribution >= 4 is 15.6 Å². The number of rotatable bonds is 4. The van der Waals surface area contributed by atoms with Crippen molar-refractivity contribution < 1.29 is 13.2 Å². The van der Waals surface area contributed by atoms with E-state index in [2.05, 4.69) is 13.8 Å². The molecule has 2 saturated heterocycles. The van der Waals surface area contributed by atoms with E-state index in [0.29, 0.717) is 18.8 Å². The van der Waals surface area contributed by atoms with Crippen molar-refractivity contribution in [2.45, 2.75) is 62.9 Å². The molecule has 126 valence electrons. The van der Waals surface area contributed by atoms with Crippen LogP contribution >= 0.6 is 0 Å². The zero-order valence-electron chi connectivity index (χ0n) is 14.0. The Kier molecular flexibility index (Phi) is 4.63. The van der Waals surface area contributed by atoms with Crippen LogP contribution in [0.25, 0.3) is 0 Å². The summed E-state index contributed by atoms with van der Waals surface area (Å²) < 4.78 is 24.7. The van der Waals surface area contributed by atoms with Crippen LogP contribution < -0.4 is 0 Å².